The van der Waals surface area contributed by atoms with Crippen molar-refractivity contribution < 1.29 is 23.1 Å². The standard InChI is InChI=1S/C11H19F3N2O2/c1-7(5-10(2,15)9(17)18)16(8-3-4-8)6-11(12,13)14/h7-8H,3-6,15H2,1-2H3,(H,17,18). The highest BCUT2D eigenvalue weighted by molar-refractivity contribution is 5.77. The summed E-state index contributed by atoms with van der Waals surface area (Å²) in [5.41, 5.74) is 4.07. The summed E-state index contributed by atoms with van der Waals surface area (Å²) in [6.45, 7) is 1.91. The Morgan fingerprint density at radius 2 is 2.00 bits per heavy atom. The zero-order valence-electron chi connectivity index (χ0n) is 10.5. The van der Waals surface area contributed by atoms with Crippen molar-refractivity contribution in [2.75, 3.05) is 6.54 Å². The van der Waals surface area contributed by atoms with Crippen molar-refractivity contribution in [3.8, 4) is 0 Å². The number of aliphatic carboxylic acids is 1. The Labute approximate surface area is 104 Å². The number of nitrogens with two attached hydrogens (primary N) is 1. The first-order valence-corrected chi connectivity index (χ1v) is 5.88. The molecule has 7 heteroatoms. The molecule has 1 rings (SSSR count). The fourth-order valence-electron chi connectivity index (χ4n) is 2.08. The number of hydrogen-bond donors (Lipinski definition) is 2. The second-order valence-corrected chi connectivity index (χ2v) is 5.29. The third-order valence-electron chi connectivity index (χ3n) is 3.15. The molecule has 1 aliphatic carbocycles. The minimum absolute atomic E-state index is 0.00505. The first-order valence-electron chi connectivity index (χ1n) is 5.88. The van der Waals surface area contributed by atoms with E-state index in [4.69, 9.17) is 10.8 Å². The van der Waals surface area contributed by atoms with Gasteiger partial charge < -0.3 is 10.8 Å². The molecule has 0 amide bonds. The van der Waals surface area contributed by atoms with Gasteiger partial charge in [-0.25, -0.2) is 0 Å². The van der Waals surface area contributed by atoms with E-state index in [0.717, 1.165) is 12.8 Å². The van der Waals surface area contributed by atoms with Gasteiger partial charge in [-0.05, 0) is 33.1 Å². The molecular formula is C11H19F3N2O2. The Bertz CT molecular complexity index is 314. The van der Waals surface area contributed by atoms with Gasteiger partial charge in [0.05, 0.1) is 6.54 Å². The van der Waals surface area contributed by atoms with Crippen molar-refractivity contribution >= 4 is 5.97 Å². The first kappa shape index (κ1) is 15.2. The van der Waals surface area contributed by atoms with Gasteiger partial charge in [0.15, 0.2) is 0 Å². The van der Waals surface area contributed by atoms with E-state index in [2.05, 4.69) is 0 Å². The molecule has 0 saturated heterocycles. The summed E-state index contributed by atoms with van der Waals surface area (Å²) in [4.78, 5) is 12.2. The highest BCUT2D eigenvalue weighted by Gasteiger charge is 2.42. The molecule has 0 bridgehead atoms. The molecule has 0 heterocycles. The Hall–Kier alpha value is -0.820. The number of carboxylic acid groups (broad SMARTS) is 1. The monoisotopic (exact) mass is 268 g/mol. The summed E-state index contributed by atoms with van der Waals surface area (Å²) in [6.07, 6.45) is -2.82. The predicted molar refractivity (Wildman–Crippen MR) is 60.1 cm³/mol. The van der Waals surface area contributed by atoms with Gasteiger partial charge >= 0.3 is 12.1 Å². The molecule has 18 heavy (non-hydrogen) atoms. The van der Waals surface area contributed by atoms with Crippen molar-refractivity contribution in [1.29, 1.82) is 0 Å². The minimum Gasteiger partial charge on any atom is -0.480 e. The number of nitrogens with zero attached hydrogens (tertiary/aromatic N) is 1. The average molecular weight is 268 g/mol. The molecule has 1 fully saturated rings. The van der Waals surface area contributed by atoms with Gasteiger partial charge in [-0.15, -0.1) is 0 Å². The zero-order chi connectivity index (χ0) is 14.1. The first-order chi connectivity index (χ1) is 8.03. The van der Waals surface area contributed by atoms with E-state index in [1.807, 2.05) is 0 Å². The molecule has 1 saturated carbocycles. The van der Waals surface area contributed by atoms with E-state index in [9.17, 15) is 18.0 Å². The molecule has 0 radical (unpaired) electrons. The van der Waals surface area contributed by atoms with Crippen LogP contribution in [0.15, 0.2) is 0 Å². The normalized spacial score (nSPS) is 21.7. The highest BCUT2D eigenvalue weighted by atomic mass is 19.4. The predicted octanol–water partition coefficient (Wildman–Crippen LogP) is 1.59. The van der Waals surface area contributed by atoms with Gasteiger partial charge in [-0.2, -0.15) is 13.2 Å². The Morgan fingerprint density at radius 3 is 2.33 bits per heavy atom. The van der Waals surface area contributed by atoms with Crippen molar-refractivity contribution in [2.45, 2.75) is 56.9 Å². The lowest BCUT2D eigenvalue weighted by Crippen LogP contribution is -2.52. The lowest BCUT2D eigenvalue weighted by atomic mass is 9.94. The smallest absolute Gasteiger partial charge is 0.401 e. The van der Waals surface area contributed by atoms with Crippen LogP contribution in [0.3, 0.4) is 0 Å². The van der Waals surface area contributed by atoms with E-state index in [-0.39, 0.29) is 12.5 Å². The van der Waals surface area contributed by atoms with Crippen LogP contribution in [-0.2, 0) is 4.79 Å². The van der Waals surface area contributed by atoms with Crippen molar-refractivity contribution in [2.24, 2.45) is 5.73 Å². The molecule has 2 atom stereocenters. The highest BCUT2D eigenvalue weighted by Crippen LogP contribution is 2.33. The summed E-state index contributed by atoms with van der Waals surface area (Å²) >= 11 is 0. The summed E-state index contributed by atoms with van der Waals surface area (Å²) in [5.74, 6) is -1.20. The molecule has 0 aromatic rings. The van der Waals surface area contributed by atoms with Crippen LogP contribution in [0.2, 0.25) is 0 Å². The molecular weight excluding hydrogens is 249 g/mol. The second-order valence-electron chi connectivity index (χ2n) is 5.29. The van der Waals surface area contributed by atoms with Crippen LogP contribution in [0.1, 0.15) is 33.1 Å². The second kappa shape index (κ2) is 5.05. The van der Waals surface area contributed by atoms with Gasteiger partial charge in [0.25, 0.3) is 0 Å². The van der Waals surface area contributed by atoms with Gasteiger partial charge in [-0.1, -0.05) is 0 Å². The van der Waals surface area contributed by atoms with Crippen LogP contribution in [0, 0.1) is 0 Å². The lowest BCUT2D eigenvalue weighted by molar-refractivity contribution is -0.154. The molecule has 0 spiro atoms. The fourth-order valence-corrected chi connectivity index (χ4v) is 2.08. The maximum atomic E-state index is 12.5. The van der Waals surface area contributed by atoms with Gasteiger partial charge in [0.1, 0.15) is 5.54 Å². The van der Waals surface area contributed by atoms with Crippen LogP contribution in [0.25, 0.3) is 0 Å². The minimum atomic E-state index is -4.27. The summed E-state index contributed by atoms with van der Waals surface area (Å²) in [7, 11) is 0. The van der Waals surface area contributed by atoms with Crippen LogP contribution in [0.4, 0.5) is 13.2 Å². The molecule has 0 aromatic heterocycles. The largest absolute Gasteiger partial charge is 0.480 e. The van der Waals surface area contributed by atoms with Crippen LogP contribution < -0.4 is 5.73 Å². The Balaban J connectivity index is 2.66. The van der Waals surface area contributed by atoms with E-state index in [1.54, 1.807) is 6.92 Å². The zero-order valence-corrected chi connectivity index (χ0v) is 10.5. The topological polar surface area (TPSA) is 66.6 Å². The van der Waals surface area contributed by atoms with E-state index in [0.29, 0.717) is 0 Å². The van der Waals surface area contributed by atoms with Gasteiger partial charge in [0, 0.05) is 12.1 Å². The molecule has 3 N–H and O–H groups in total. The molecule has 4 nitrogen and oxygen atoms in total. The fraction of sp³-hybridized carbons (Fsp3) is 0.909. The number of halogens is 3. The van der Waals surface area contributed by atoms with E-state index in [1.165, 1.54) is 11.8 Å². The van der Waals surface area contributed by atoms with Crippen molar-refractivity contribution in [3.05, 3.63) is 0 Å². The molecule has 0 aliphatic heterocycles. The number of rotatable bonds is 6. The van der Waals surface area contributed by atoms with E-state index >= 15 is 0 Å². The molecule has 0 aromatic carbocycles. The van der Waals surface area contributed by atoms with Gasteiger partial charge in [-0.3, -0.25) is 9.69 Å². The Morgan fingerprint density at radius 1 is 1.50 bits per heavy atom. The van der Waals surface area contributed by atoms with Crippen LogP contribution in [-0.4, -0.2) is 46.3 Å². The third kappa shape index (κ3) is 4.45. The quantitative estimate of drug-likeness (QED) is 0.767. The third-order valence-corrected chi connectivity index (χ3v) is 3.15. The van der Waals surface area contributed by atoms with Crippen LogP contribution >= 0.6 is 0 Å². The lowest BCUT2D eigenvalue weighted by Gasteiger charge is -2.33. The summed E-state index contributed by atoms with van der Waals surface area (Å²) < 4.78 is 37.4. The molecule has 106 valence electrons. The van der Waals surface area contributed by atoms with Crippen molar-refractivity contribution in [1.82, 2.24) is 4.90 Å². The molecule has 2 unspecified atom stereocenters. The maximum absolute atomic E-state index is 12.5. The number of carboxylic acids is 1. The number of alkyl halides is 3. The van der Waals surface area contributed by atoms with Crippen molar-refractivity contribution in [3.63, 3.8) is 0 Å². The van der Waals surface area contributed by atoms with E-state index < -0.39 is 30.3 Å². The SMILES string of the molecule is CC(CC(C)(N)C(=O)O)N(CC(F)(F)F)C1CC1. The number of carbonyl (C=O) groups is 1. The van der Waals surface area contributed by atoms with Crippen LogP contribution in [0.5, 0.6) is 0 Å². The average Bonchev–Trinajstić information content (AvgIpc) is 2.94. The summed E-state index contributed by atoms with van der Waals surface area (Å²) in [6, 6.07) is -0.601. The van der Waals surface area contributed by atoms with Gasteiger partial charge in [0.2, 0.25) is 0 Å². The summed E-state index contributed by atoms with van der Waals surface area (Å²) in [5, 5.41) is 8.89. The molecule has 1 aliphatic rings. The number of hydrogen-bond acceptors (Lipinski definition) is 3. The maximum Gasteiger partial charge on any atom is 0.401 e. The Kier molecular flexibility index (Phi) is 4.27.